The summed E-state index contributed by atoms with van der Waals surface area (Å²) >= 11 is 0. The normalized spacial score (nSPS) is 25.2. The quantitative estimate of drug-likeness (QED) is 0.837. The number of amides is 1. The average Bonchev–Trinajstić information content (AvgIpc) is 2.47. The van der Waals surface area contributed by atoms with E-state index in [2.05, 4.69) is 29.0 Å². The highest BCUT2D eigenvalue weighted by molar-refractivity contribution is 5.81. The minimum Gasteiger partial charge on any atom is -0.352 e. The number of nitrogens with zero attached hydrogens (tertiary/aromatic N) is 2. The van der Waals surface area contributed by atoms with Gasteiger partial charge >= 0.3 is 0 Å². The van der Waals surface area contributed by atoms with Crippen molar-refractivity contribution in [2.75, 3.05) is 32.7 Å². The van der Waals surface area contributed by atoms with E-state index in [1.165, 1.54) is 32.1 Å². The van der Waals surface area contributed by atoms with Gasteiger partial charge in [0.2, 0.25) is 5.91 Å². The van der Waals surface area contributed by atoms with Crippen LogP contribution in [0.2, 0.25) is 0 Å². The molecule has 1 aliphatic carbocycles. The van der Waals surface area contributed by atoms with Gasteiger partial charge in [-0.05, 0) is 26.3 Å². The Morgan fingerprint density at radius 2 is 1.79 bits per heavy atom. The molecular formula is C15H29N3O. The molecular weight excluding hydrogens is 238 g/mol. The van der Waals surface area contributed by atoms with Crippen LogP contribution in [0.3, 0.4) is 0 Å². The Kier molecular flexibility index (Phi) is 5.64. The summed E-state index contributed by atoms with van der Waals surface area (Å²) in [5.41, 5.74) is 0. The van der Waals surface area contributed by atoms with Crippen molar-refractivity contribution in [2.45, 2.75) is 58.0 Å². The van der Waals surface area contributed by atoms with Crippen LogP contribution in [-0.2, 0) is 4.79 Å². The SMILES string of the molecule is CCN1CCN([C@@H](C)C(=O)NC2CCCCC2)CC1. The van der Waals surface area contributed by atoms with Gasteiger partial charge in [0.1, 0.15) is 0 Å². The Labute approximate surface area is 117 Å². The highest BCUT2D eigenvalue weighted by atomic mass is 16.2. The maximum absolute atomic E-state index is 12.3. The van der Waals surface area contributed by atoms with E-state index in [0.717, 1.165) is 32.7 Å². The lowest BCUT2D eigenvalue weighted by atomic mass is 9.95. The molecule has 1 heterocycles. The maximum atomic E-state index is 12.3. The molecule has 1 saturated carbocycles. The molecule has 0 spiro atoms. The fourth-order valence-corrected chi connectivity index (χ4v) is 3.20. The molecule has 4 nitrogen and oxygen atoms in total. The molecule has 2 fully saturated rings. The first-order valence-electron chi connectivity index (χ1n) is 7.97. The highest BCUT2D eigenvalue weighted by Crippen LogP contribution is 2.17. The van der Waals surface area contributed by atoms with E-state index in [9.17, 15) is 4.79 Å². The predicted molar refractivity (Wildman–Crippen MR) is 78.2 cm³/mol. The molecule has 0 bridgehead atoms. The third-order valence-corrected chi connectivity index (χ3v) is 4.73. The van der Waals surface area contributed by atoms with E-state index in [4.69, 9.17) is 0 Å². The average molecular weight is 267 g/mol. The minimum atomic E-state index is 0.0286. The first kappa shape index (κ1) is 14.8. The molecule has 1 aliphatic heterocycles. The van der Waals surface area contributed by atoms with Crippen LogP contribution in [0.1, 0.15) is 46.0 Å². The van der Waals surface area contributed by atoms with Crippen LogP contribution in [0.5, 0.6) is 0 Å². The van der Waals surface area contributed by atoms with Gasteiger partial charge in [-0.25, -0.2) is 0 Å². The zero-order valence-corrected chi connectivity index (χ0v) is 12.5. The monoisotopic (exact) mass is 267 g/mol. The molecule has 1 saturated heterocycles. The van der Waals surface area contributed by atoms with Crippen molar-refractivity contribution in [2.24, 2.45) is 0 Å². The van der Waals surface area contributed by atoms with Crippen molar-refractivity contribution >= 4 is 5.91 Å². The van der Waals surface area contributed by atoms with Gasteiger partial charge in [-0.1, -0.05) is 26.2 Å². The van der Waals surface area contributed by atoms with E-state index in [1.54, 1.807) is 0 Å². The summed E-state index contributed by atoms with van der Waals surface area (Å²) in [5.74, 6) is 0.233. The number of hydrogen-bond donors (Lipinski definition) is 1. The number of piperazine rings is 1. The first-order valence-corrected chi connectivity index (χ1v) is 7.97. The Morgan fingerprint density at radius 3 is 2.37 bits per heavy atom. The van der Waals surface area contributed by atoms with Crippen LogP contribution >= 0.6 is 0 Å². The molecule has 0 aromatic carbocycles. The van der Waals surface area contributed by atoms with E-state index >= 15 is 0 Å². The summed E-state index contributed by atoms with van der Waals surface area (Å²) in [6.45, 7) is 9.61. The lowest BCUT2D eigenvalue weighted by molar-refractivity contribution is -0.127. The number of likely N-dealkylation sites (N-methyl/N-ethyl adjacent to an activating group) is 1. The molecule has 0 radical (unpaired) electrons. The van der Waals surface area contributed by atoms with E-state index in [1.807, 2.05) is 0 Å². The van der Waals surface area contributed by atoms with Crippen LogP contribution in [0.15, 0.2) is 0 Å². The molecule has 0 aromatic rings. The van der Waals surface area contributed by atoms with Crippen molar-refractivity contribution in [1.82, 2.24) is 15.1 Å². The van der Waals surface area contributed by atoms with Gasteiger partial charge in [0.05, 0.1) is 6.04 Å². The summed E-state index contributed by atoms with van der Waals surface area (Å²) in [7, 11) is 0. The number of hydrogen-bond acceptors (Lipinski definition) is 3. The molecule has 0 aromatic heterocycles. The van der Waals surface area contributed by atoms with E-state index in [-0.39, 0.29) is 11.9 Å². The standard InChI is InChI=1S/C15H29N3O/c1-3-17-9-11-18(12-10-17)13(2)15(19)16-14-7-5-4-6-8-14/h13-14H,3-12H2,1-2H3,(H,16,19)/t13-/m0/s1. The first-order chi connectivity index (χ1) is 9.20. The van der Waals surface area contributed by atoms with Crippen LogP contribution in [0.4, 0.5) is 0 Å². The largest absolute Gasteiger partial charge is 0.352 e. The van der Waals surface area contributed by atoms with Gasteiger partial charge in [-0.3, -0.25) is 9.69 Å². The second-order valence-corrected chi connectivity index (χ2v) is 5.99. The summed E-state index contributed by atoms with van der Waals surface area (Å²) in [4.78, 5) is 17.1. The fraction of sp³-hybridized carbons (Fsp3) is 0.933. The molecule has 0 unspecified atom stereocenters. The lowest BCUT2D eigenvalue weighted by Gasteiger charge is -2.37. The summed E-state index contributed by atoms with van der Waals surface area (Å²) < 4.78 is 0. The fourth-order valence-electron chi connectivity index (χ4n) is 3.20. The minimum absolute atomic E-state index is 0.0286. The molecule has 1 atom stereocenters. The zero-order chi connectivity index (χ0) is 13.7. The topological polar surface area (TPSA) is 35.6 Å². The number of rotatable bonds is 4. The molecule has 110 valence electrons. The van der Waals surface area contributed by atoms with E-state index < -0.39 is 0 Å². The second-order valence-electron chi connectivity index (χ2n) is 5.99. The molecule has 19 heavy (non-hydrogen) atoms. The third-order valence-electron chi connectivity index (χ3n) is 4.73. The molecule has 4 heteroatoms. The van der Waals surface area contributed by atoms with Gasteiger partial charge in [0.25, 0.3) is 0 Å². The predicted octanol–water partition coefficient (Wildman–Crippen LogP) is 1.46. The van der Waals surface area contributed by atoms with Crippen molar-refractivity contribution in [1.29, 1.82) is 0 Å². The van der Waals surface area contributed by atoms with Crippen LogP contribution in [0.25, 0.3) is 0 Å². The number of carbonyl (C=O) groups is 1. The highest BCUT2D eigenvalue weighted by Gasteiger charge is 2.26. The molecule has 1 amide bonds. The van der Waals surface area contributed by atoms with Crippen molar-refractivity contribution in [3.63, 3.8) is 0 Å². The van der Waals surface area contributed by atoms with Crippen LogP contribution < -0.4 is 5.32 Å². The second kappa shape index (κ2) is 7.25. The van der Waals surface area contributed by atoms with Gasteiger partial charge < -0.3 is 10.2 Å². The smallest absolute Gasteiger partial charge is 0.237 e. The van der Waals surface area contributed by atoms with Crippen molar-refractivity contribution < 1.29 is 4.79 Å². The lowest BCUT2D eigenvalue weighted by Crippen LogP contribution is -2.55. The summed E-state index contributed by atoms with van der Waals surface area (Å²) in [5, 5.41) is 3.25. The number of carbonyl (C=O) groups excluding carboxylic acids is 1. The number of nitrogens with one attached hydrogen (secondary N) is 1. The summed E-state index contributed by atoms with van der Waals surface area (Å²) in [6, 6.07) is 0.460. The van der Waals surface area contributed by atoms with Crippen molar-refractivity contribution in [3.05, 3.63) is 0 Å². The molecule has 1 N–H and O–H groups in total. The van der Waals surface area contributed by atoms with Gasteiger partial charge in [0, 0.05) is 32.2 Å². The van der Waals surface area contributed by atoms with Gasteiger partial charge in [-0.15, -0.1) is 0 Å². The molecule has 2 aliphatic rings. The zero-order valence-electron chi connectivity index (χ0n) is 12.5. The van der Waals surface area contributed by atoms with Gasteiger partial charge in [-0.2, -0.15) is 0 Å². The Morgan fingerprint density at radius 1 is 1.16 bits per heavy atom. The maximum Gasteiger partial charge on any atom is 0.237 e. The Hall–Kier alpha value is -0.610. The Bertz CT molecular complexity index is 281. The summed E-state index contributed by atoms with van der Waals surface area (Å²) in [6.07, 6.45) is 6.22. The van der Waals surface area contributed by atoms with Gasteiger partial charge in [0.15, 0.2) is 0 Å². The Balaban J connectivity index is 1.75. The third kappa shape index (κ3) is 4.18. The van der Waals surface area contributed by atoms with Crippen molar-refractivity contribution in [3.8, 4) is 0 Å². The van der Waals surface area contributed by atoms with E-state index in [0.29, 0.717) is 6.04 Å². The molecule has 2 rings (SSSR count). The van der Waals surface area contributed by atoms with Crippen LogP contribution in [-0.4, -0.2) is 60.5 Å². The van der Waals surface area contributed by atoms with Crippen LogP contribution in [0, 0.1) is 0 Å².